The largest absolute Gasteiger partial charge is 0.467 e. The molecule has 3 N–H and O–H groups in total. The third-order valence-electron chi connectivity index (χ3n) is 3.10. The molecule has 0 radical (unpaired) electrons. The van der Waals surface area contributed by atoms with Crippen LogP contribution in [0.1, 0.15) is 25.3 Å². The van der Waals surface area contributed by atoms with Crippen LogP contribution in [-0.2, 0) is 30.5 Å². The topological polar surface area (TPSA) is 108 Å². The first kappa shape index (κ1) is 18.6. The van der Waals surface area contributed by atoms with E-state index in [1.165, 1.54) is 14.0 Å². The summed E-state index contributed by atoms with van der Waals surface area (Å²) in [4.78, 5) is 34.9. The summed E-state index contributed by atoms with van der Waals surface area (Å²) in [6, 6.07) is 7.56. The van der Waals surface area contributed by atoms with Gasteiger partial charge < -0.3 is 20.5 Å². The van der Waals surface area contributed by atoms with E-state index in [0.29, 0.717) is 0 Å². The molecule has 0 bridgehead atoms. The first-order valence-corrected chi connectivity index (χ1v) is 7.27. The Balaban J connectivity index is 2.45. The summed E-state index contributed by atoms with van der Waals surface area (Å²) in [5, 5.41) is 2.45. The van der Waals surface area contributed by atoms with Crippen molar-refractivity contribution in [3.8, 4) is 0 Å². The molecule has 0 saturated carbocycles. The first-order valence-electron chi connectivity index (χ1n) is 7.27. The minimum atomic E-state index is -0.928. The Labute approximate surface area is 135 Å². The van der Waals surface area contributed by atoms with Crippen molar-refractivity contribution in [2.24, 2.45) is 5.73 Å². The molecular weight excluding hydrogens is 300 g/mol. The zero-order valence-corrected chi connectivity index (χ0v) is 13.3. The van der Waals surface area contributed by atoms with Crippen LogP contribution in [0.3, 0.4) is 0 Å². The monoisotopic (exact) mass is 322 g/mol. The number of amides is 1. The van der Waals surface area contributed by atoms with Crippen LogP contribution in [0.2, 0.25) is 0 Å². The molecule has 7 nitrogen and oxygen atoms in total. The van der Waals surface area contributed by atoms with E-state index in [1.54, 1.807) is 0 Å². The number of carbonyl (C=O) groups excluding carboxylic acids is 3. The summed E-state index contributed by atoms with van der Waals surface area (Å²) in [5.74, 6) is -1.58. The van der Waals surface area contributed by atoms with Gasteiger partial charge in [-0.1, -0.05) is 30.3 Å². The Morgan fingerprint density at radius 3 is 2.43 bits per heavy atom. The Bertz CT molecular complexity index is 531. The summed E-state index contributed by atoms with van der Waals surface area (Å²) < 4.78 is 9.72. The lowest BCUT2D eigenvalue weighted by molar-refractivity contribution is -0.148. The molecule has 0 aromatic heterocycles. The fraction of sp³-hybridized carbons (Fsp3) is 0.438. The molecule has 1 aromatic carbocycles. The molecule has 1 rings (SSSR count). The quantitative estimate of drug-likeness (QED) is 0.675. The van der Waals surface area contributed by atoms with E-state index in [2.05, 4.69) is 10.1 Å². The maximum atomic E-state index is 11.7. The van der Waals surface area contributed by atoms with Gasteiger partial charge in [-0.05, 0) is 18.9 Å². The average molecular weight is 322 g/mol. The number of hydrogen-bond acceptors (Lipinski definition) is 6. The second kappa shape index (κ2) is 9.58. The number of ether oxygens (including phenoxy) is 2. The van der Waals surface area contributed by atoms with Crippen LogP contribution in [-0.4, -0.2) is 37.0 Å². The van der Waals surface area contributed by atoms with Crippen molar-refractivity contribution < 1.29 is 23.9 Å². The molecule has 23 heavy (non-hydrogen) atoms. The van der Waals surface area contributed by atoms with Gasteiger partial charge in [-0.2, -0.15) is 0 Å². The summed E-state index contributed by atoms with van der Waals surface area (Å²) in [6.45, 7) is 1.66. The highest BCUT2D eigenvalue weighted by atomic mass is 16.5. The van der Waals surface area contributed by atoms with Gasteiger partial charge >= 0.3 is 11.9 Å². The molecule has 0 saturated heterocycles. The zero-order chi connectivity index (χ0) is 17.2. The van der Waals surface area contributed by atoms with Crippen LogP contribution in [0, 0.1) is 0 Å². The van der Waals surface area contributed by atoms with Crippen LogP contribution in [0.5, 0.6) is 0 Å². The molecular formula is C16H22N2O5. The maximum absolute atomic E-state index is 11.7. The van der Waals surface area contributed by atoms with Gasteiger partial charge in [-0.15, -0.1) is 0 Å². The predicted molar refractivity (Wildman–Crippen MR) is 83.1 cm³/mol. The lowest BCUT2D eigenvalue weighted by Gasteiger charge is -2.17. The molecule has 0 unspecified atom stereocenters. The highest BCUT2D eigenvalue weighted by Gasteiger charge is 2.24. The number of hydrogen-bond donors (Lipinski definition) is 2. The number of esters is 2. The third kappa shape index (κ3) is 6.92. The normalized spacial score (nSPS) is 12.8. The van der Waals surface area contributed by atoms with E-state index in [0.717, 1.165) is 5.56 Å². The van der Waals surface area contributed by atoms with Gasteiger partial charge in [0.1, 0.15) is 12.6 Å². The van der Waals surface area contributed by atoms with Crippen LogP contribution >= 0.6 is 0 Å². The van der Waals surface area contributed by atoms with Crippen molar-refractivity contribution >= 4 is 17.8 Å². The molecule has 0 fully saturated rings. The summed E-state index contributed by atoms with van der Waals surface area (Å²) >= 11 is 0. The molecule has 1 amide bonds. The summed E-state index contributed by atoms with van der Waals surface area (Å²) in [7, 11) is 1.21. The SMILES string of the molecule is COC(=O)[C@H](CCC(=O)OCc1ccccc1)NC(=O)[C@H](C)N. The summed E-state index contributed by atoms with van der Waals surface area (Å²) in [5.41, 5.74) is 6.31. The minimum absolute atomic E-state index is 0.0220. The lowest BCUT2D eigenvalue weighted by atomic mass is 10.1. The van der Waals surface area contributed by atoms with Crippen molar-refractivity contribution in [1.82, 2.24) is 5.32 Å². The lowest BCUT2D eigenvalue weighted by Crippen LogP contribution is -2.47. The fourth-order valence-corrected chi connectivity index (χ4v) is 1.77. The Morgan fingerprint density at radius 1 is 1.22 bits per heavy atom. The van der Waals surface area contributed by atoms with Crippen LogP contribution in [0.15, 0.2) is 30.3 Å². The van der Waals surface area contributed by atoms with Crippen molar-refractivity contribution in [2.75, 3.05) is 7.11 Å². The van der Waals surface area contributed by atoms with Crippen LogP contribution in [0.4, 0.5) is 0 Å². The highest BCUT2D eigenvalue weighted by molar-refractivity contribution is 5.87. The molecule has 0 aliphatic heterocycles. The van der Waals surface area contributed by atoms with Gasteiger partial charge in [0, 0.05) is 6.42 Å². The van der Waals surface area contributed by atoms with Gasteiger partial charge in [0.05, 0.1) is 13.2 Å². The predicted octanol–water partition coefficient (Wildman–Crippen LogP) is 0.515. The second-order valence-corrected chi connectivity index (χ2v) is 5.06. The highest BCUT2D eigenvalue weighted by Crippen LogP contribution is 2.05. The van der Waals surface area contributed by atoms with E-state index < -0.39 is 29.9 Å². The first-order chi connectivity index (χ1) is 10.9. The number of benzene rings is 1. The smallest absolute Gasteiger partial charge is 0.328 e. The van der Waals surface area contributed by atoms with Gasteiger partial charge in [0.2, 0.25) is 5.91 Å². The van der Waals surface area contributed by atoms with Crippen molar-refractivity contribution in [2.45, 2.75) is 38.5 Å². The van der Waals surface area contributed by atoms with Crippen molar-refractivity contribution in [3.63, 3.8) is 0 Å². The van der Waals surface area contributed by atoms with E-state index in [-0.39, 0.29) is 19.4 Å². The Kier molecular flexibility index (Phi) is 7.76. The van der Waals surface area contributed by atoms with Gasteiger partial charge in [0.25, 0.3) is 0 Å². The number of nitrogens with one attached hydrogen (secondary N) is 1. The molecule has 2 atom stereocenters. The third-order valence-corrected chi connectivity index (χ3v) is 3.10. The Hall–Kier alpha value is -2.41. The maximum Gasteiger partial charge on any atom is 0.328 e. The standard InChI is InChI=1S/C16H22N2O5/c1-11(17)15(20)18-13(16(21)22-2)8-9-14(19)23-10-12-6-4-3-5-7-12/h3-7,11,13H,8-10,17H2,1-2H3,(H,18,20)/t11-,13-/m0/s1. The van der Waals surface area contributed by atoms with E-state index in [9.17, 15) is 14.4 Å². The number of carbonyl (C=O) groups is 3. The van der Waals surface area contributed by atoms with Gasteiger partial charge in [-0.25, -0.2) is 4.79 Å². The van der Waals surface area contributed by atoms with E-state index in [4.69, 9.17) is 10.5 Å². The molecule has 0 spiro atoms. The number of nitrogens with two attached hydrogens (primary N) is 1. The number of rotatable bonds is 8. The average Bonchev–Trinajstić information content (AvgIpc) is 2.56. The van der Waals surface area contributed by atoms with E-state index in [1.807, 2.05) is 30.3 Å². The molecule has 7 heteroatoms. The van der Waals surface area contributed by atoms with E-state index >= 15 is 0 Å². The van der Waals surface area contributed by atoms with Crippen molar-refractivity contribution in [1.29, 1.82) is 0 Å². The van der Waals surface area contributed by atoms with Gasteiger partial charge in [-0.3, -0.25) is 9.59 Å². The molecule has 0 heterocycles. The Morgan fingerprint density at radius 2 is 1.87 bits per heavy atom. The second-order valence-electron chi connectivity index (χ2n) is 5.06. The molecule has 0 aliphatic rings. The fourth-order valence-electron chi connectivity index (χ4n) is 1.77. The number of methoxy groups -OCH3 is 1. The summed E-state index contributed by atoms with van der Waals surface area (Å²) in [6.07, 6.45) is 0.0601. The molecule has 126 valence electrons. The molecule has 0 aliphatic carbocycles. The van der Waals surface area contributed by atoms with Crippen LogP contribution in [0.25, 0.3) is 0 Å². The molecule has 1 aromatic rings. The zero-order valence-electron chi connectivity index (χ0n) is 13.3. The van der Waals surface area contributed by atoms with Crippen LogP contribution < -0.4 is 11.1 Å². The van der Waals surface area contributed by atoms with Gasteiger partial charge in [0.15, 0.2) is 0 Å². The minimum Gasteiger partial charge on any atom is -0.467 e. The van der Waals surface area contributed by atoms with Crippen molar-refractivity contribution in [3.05, 3.63) is 35.9 Å².